The van der Waals surface area contributed by atoms with Gasteiger partial charge in [0, 0.05) is 32.7 Å². The minimum Gasteiger partial charge on any atom is -0.383 e. The maximum atomic E-state index is 13.3. The van der Waals surface area contributed by atoms with E-state index in [1.807, 2.05) is 6.92 Å². The Morgan fingerprint density at radius 2 is 1.92 bits per heavy atom. The second-order valence-corrected chi connectivity index (χ2v) is 11.1. The zero-order chi connectivity index (χ0) is 25.4. The van der Waals surface area contributed by atoms with Gasteiger partial charge in [-0.1, -0.05) is 24.3 Å². The van der Waals surface area contributed by atoms with Crippen molar-refractivity contribution in [3.8, 4) is 0 Å². The number of pyridine rings is 1. The fourth-order valence-electron chi connectivity index (χ4n) is 4.96. The number of rotatable bonds is 3. The number of carbonyl (C=O) groups is 2. The second-order valence-electron chi connectivity index (χ2n) is 10.1. The number of piperazine rings is 1. The highest BCUT2D eigenvalue weighted by Crippen LogP contribution is 2.37. The van der Waals surface area contributed by atoms with Crippen LogP contribution in [0.25, 0.3) is 10.2 Å². The summed E-state index contributed by atoms with van der Waals surface area (Å²) in [6.45, 7) is 8.49. The summed E-state index contributed by atoms with van der Waals surface area (Å²) in [7, 11) is 2.15. The average molecular weight is 508 g/mol. The van der Waals surface area contributed by atoms with E-state index in [2.05, 4.69) is 52.3 Å². The first kappa shape index (κ1) is 24.5. The maximum Gasteiger partial charge on any atom is 0.313 e. The van der Waals surface area contributed by atoms with E-state index in [0.29, 0.717) is 24.0 Å². The number of likely N-dealkylation sites (tertiary alicyclic amines) is 1. The van der Waals surface area contributed by atoms with Gasteiger partial charge in [0.1, 0.15) is 5.82 Å². The first-order valence-corrected chi connectivity index (χ1v) is 13.3. The fourth-order valence-corrected chi connectivity index (χ4v) is 5.96. The Bertz CT molecular complexity index is 1280. The normalized spacial score (nSPS) is 21.1. The predicted octanol–water partition coefficient (Wildman–Crippen LogP) is 3.27. The summed E-state index contributed by atoms with van der Waals surface area (Å²) in [6, 6.07) is 7.84. The molecule has 190 valence electrons. The van der Waals surface area contributed by atoms with E-state index in [9.17, 15) is 9.59 Å². The summed E-state index contributed by atoms with van der Waals surface area (Å²) in [4.78, 5) is 41.7. The number of aryl methyl sites for hydroxylation is 1. The number of piperidine rings is 1. The van der Waals surface area contributed by atoms with E-state index in [0.717, 1.165) is 65.5 Å². The molecule has 2 aliphatic heterocycles. The number of hydrogen-bond donors (Lipinski definition) is 2. The van der Waals surface area contributed by atoms with Crippen LogP contribution in [0.2, 0.25) is 0 Å². The molecule has 0 radical (unpaired) electrons. The van der Waals surface area contributed by atoms with Gasteiger partial charge < -0.3 is 25.8 Å². The van der Waals surface area contributed by atoms with Crippen LogP contribution in [0.4, 0.5) is 16.6 Å². The first-order chi connectivity index (χ1) is 17.3. The van der Waals surface area contributed by atoms with Gasteiger partial charge >= 0.3 is 11.8 Å². The van der Waals surface area contributed by atoms with Crippen LogP contribution in [0.1, 0.15) is 36.9 Å². The third kappa shape index (κ3) is 5.01. The highest BCUT2D eigenvalue weighted by molar-refractivity contribution is 7.22. The average Bonchev–Trinajstić information content (AvgIpc) is 3.29. The lowest BCUT2D eigenvalue weighted by atomic mass is 9.89. The minimum atomic E-state index is -0.660. The highest BCUT2D eigenvalue weighted by atomic mass is 32.1. The van der Waals surface area contributed by atoms with Crippen LogP contribution < -0.4 is 16.0 Å². The zero-order valence-corrected chi connectivity index (χ0v) is 21.8. The molecule has 0 unspecified atom stereocenters. The van der Waals surface area contributed by atoms with E-state index in [1.165, 1.54) is 6.20 Å². The lowest BCUT2D eigenvalue weighted by Gasteiger charge is -2.38. The van der Waals surface area contributed by atoms with Crippen molar-refractivity contribution < 1.29 is 9.59 Å². The highest BCUT2D eigenvalue weighted by Gasteiger charge is 2.34. The molecule has 4 heterocycles. The molecule has 2 fully saturated rings. The van der Waals surface area contributed by atoms with Crippen LogP contribution in [0, 0.1) is 12.8 Å². The third-order valence-corrected chi connectivity index (χ3v) is 8.31. The number of fused-ring (bicyclic) bond motifs is 1. The minimum absolute atomic E-state index is 0.163. The quantitative estimate of drug-likeness (QED) is 0.524. The van der Waals surface area contributed by atoms with Crippen molar-refractivity contribution in [3.05, 3.63) is 41.6 Å². The van der Waals surface area contributed by atoms with Crippen molar-refractivity contribution in [2.24, 2.45) is 5.92 Å². The number of amides is 2. The number of nitrogens with zero attached hydrogens (tertiary/aromatic N) is 5. The number of benzene rings is 1. The van der Waals surface area contributed by atoms with Gasteiger partial charge in [-0.2, -0.15) is 0 Å². The number of thiazole rings is 1. The monoisotopic (exact) mass is 507 g/mol. The Morgan fingerprint density at radius 1 is 1.14 bits per heavy atom. The van der Waals surface area contributed by atoms with Gasteiger partial charge in [0.2, 0.25) is 0 Å². The molecule has 36 heavy (non-hydrogen) atoms. The summed E-state index contributed by atoms with van der Waals surface area (Å²) < 4.78 is 1.14. The van der Waals surface area contributed by atoms with E-state index in [4.69, 9.17) is 10.7 Å². The number of nitrogens with one attached hydrogen (secondary N) is 1. The smallest absolute Gasteiger partial charge is 0.313 e. The molecule has 9 nitrogen and oxygen atoms in total. The van der Waals surface area contributed by atoms with Crippen LogP contribution in [0.3, 0.4) is 0 Å². The molecule has 3 N–H and O–H groups in total. The number of anilines is 3. The Morgan fingerprint density at radius 3 is 2.67 bits per heavy atom. The molecule has 3 aromatic rings. The van der Waals surface area contributed by atoms with Crippen molar-refractivity contribution in [2.45, 2.75) is 32.7 Å². The Balaban J connectivity index is 1.36. The Labute approximate surface area is 215 Å². The van der Waals surface area contributed by atoms with Crippen LogP contribution in [-0.2, 0) is 9.59 Å². The van der Waals surface area contributed by atoms with Crippen LogP contribution in [0.15, 0.2) is 30.5 Å². The van der Waals surface area contributed by atoms with Gasteiger partial charge in [0.25, 0.3) is 0 Å². The number of nitrogen functional groups attached to an aromatic ring is 1. The van der Waals surface area contributed by atoms with Crippen molar-refractivity contribution in [2.75, 3.05) is 55.7 Å². The van der Waals surface area contributed by atoms with Gasteiger partial charge in [0.15, 0.2) is 5.13 Å². The van der Waals surface area contributed by atoms with Crippen LogP contribution >= 0.6 is 11.3 Å². The van der Waals surface area contributed by atoms with Crippen LogP contribution in [0.5, 0.6) is 0 Å². The number of hydrogen-bond acceptors (Lipinski definition) is 8. The van der Waals surface area contributed by atoms with Gasteiger partial charge in [-0.15, -0.1) is 0 Å². The number of likely N-dealkylation sites (N-methyl/N-ethyl adjacent to an activating group) is 1. The molecule has 5 rings (SSSR count). The van der Waals surface area contributed by atoms with E-state index in [-0.39, 0.29) is 6.04 Å². The van der Waals surface area contributed by atoms with Gasteiger partial charge in [-0.05, 0) is 62.1 Å². The molecule has 0 saturated carbocycles. The van der Waals surface area contributed by atoms with Crippen molar-refractivity contribution >= 4 is 50.0 Å². The molecule has 2 atom stereocenters. The molecule has 2 saturated heterocycles. The van der Waals surface area contributed by atoms with Crippen molar-refractivity contribution in [1.29, 1.82) is 0 Å². The number of carbonyl (C=O) groups excluding carboxylic acids is 2. The lowest BCUT2D eigenvalue weighted by molar-refractivity contribution is -0.146. The summed E-state index contributed by atoms with van der Waals surface area (Å²) >= 11 is 1.71. The van der Waals surface area contributed by atoms with Gasteiger partial charge in [-0.3, -0.25) is 9.59 Å². The SMILES string of the molecule is Cc1cc(NC(=O)C(=O)N2C[C@@H](C)CC[C@@H]2c2ccc3sc(N4CCN(C)CC4)nc3c2)cnc1N. The lowest BCUT2D eigenvalue weighted by Crippen LogP contribution is -2.46. The molecule has 2 amide bonds. The van der Waals surface area contributed by atoms with E-state index >= 15 is 0 Å². The summed E-state index contributed by atoms with van der Waals surface area (Å²) in [6.07, 6.45) is 3.28. The summed E-state index contributed by atoms with van der Waals surface area (Å²) in [5, 5.41) is 3.75. The topological polar surface area (TPSA) is 108 Å². The molecule has 2 aromatic heterocycles. The van der Waals surface area contributed by atoms with Crippen molar-refractivity contribution in [1.82, 2.24) is 19.8 Å². The molecule has 0 spiro atoms. The second kappa shape index (κ2) is 10.0. The summed E-state index contributed by atoms with van der Waals surface area (Å²) in [5.41, 5.74) is 8.96. The molecule has 10 heteroatoms. The van der Waals surface area contributed by atoms with Crippen LogP contribution in [-0.4, -0.2) is 71.4 Å². The first-order valence-electron chi connectivity index (χ1n) is 12.5. The predicted molar refractivity (Wildman–Crippen MR) is 144 cm³/mol. The fraction of sp³-hybridized carbons (Fsp3) is 0.462. The molecular weight excluding hydrogens is 474 g/mol. The van der Waals surface area contributed by atoms with Gasteiger partial charge in [-0.25, -0.2) is 9.97 Å². The van der Waals surface area contributed by atoms with Gasteiger partial charge in [0.05, 0.1) is 28.1 Å². The van der Waals surface area contributed by atoms with Crippen molar-refractivity contribution in [3.63, 3.8) is 0 Å². The third-order valence-electron chi connectivity index (χ3n) is 7.21. The largest absolute Gasteiger partial charge is 0.383 e. The standard InChI is InChI=1S/C26H33N7O2S/c1-16-4-6-21(33(15-16)25(35)24(34)29-19-12-17(2)23(27)28-14-19)18-5-7-22-20(13-18)30-26(36-22)32-10-8-31(3)9-11-32/h5,7,12-14,16,21H,4,6,8-11,15H2,1-3H3,(H2,27,28)(H,29,34)/t16-,21+/m0/s1. The van der Waals surface area contributed by atoms with E-state index < -0.39 is 11.8 Å². The number of aromatic nitrogens is 2. The number of nitrogens with two attached hydrogens (primary N) is 1. The molecule has 0 bridgehead atoms. The summed E-state index contributed by atoms with van der Waals surface area (Å²) in [5.74, 6) is -0.465. The Hall–Kier alpha value is -3.24. The Kier molecular flexibility index (Phi) is 6.81. The van der Waals surface area contributed by atoms with E-state index in [1.54, 1.807) is 22.3 Å². The molecular formula is C26H33N7O2S. The molecule has 1 aromatic carbocycles. The maximum absolute atomic E-state index is 13.3. The molecule has 0 aliphatic carbocycles. The molecule has 2 aliphatic rings. The zero-order valence-electron chi connectivity index (χ0n) is 21.0.